The Morgan fingerprint density at radius 3 is 2.32 bits per heavy atom. The third kappa shape index (κ3) is 15.0. The Morgan fingerprint density at radius 1 is 1.01 bits per heavy atom. The Labute approximate surface area is 421 Å². The molecule has 0 bridgehead atoms. The van der Waals surface area contributed by atoms with Crippen LogP contribution in [-0.2, 0) is 40.0 Å². The molecule has 2 aliphatic heterocycles. The van der Waals surface area contributed by atoms with Crippen LogP contribution in [0.4, 0.5) is 23.4 Å². The maximum absolute atomic E-state index is 14.9. The highest BCUT2D eigenvalue weighted by Crippen LogP contribution is 2.34. The van der Waals surface area contributed by atoms with Gasteiger partial charge in [0.15, 0.2) is 0 Å². The third-order valence-electron chi connectivity index (χ3n) is 12.7. The number of aromatic nitrogens is 1. The lowest BCUT2D eigenvalue weighted by molar-refractivity contribution is -0.250. The second-order valence-electron chi connectivity index (χ2n) is 18.8. The molecular weight excluding hydrogens is 972 g/mol. The first-order chi connectivity index (χ1) is 33.7. The molecule has 1 aromatic heterocycles. The Balaban J connectivity index is 1.74. The van der Waals surface area contributed by atoms with E-state index >= 15 is 0 Å². The van der Waals surface area contributed by atoms with E-state index in [1.54, 1.807) is 50.4 Å². The number of pyridine rings is 1. The summed E-state index contributed by atoms with van der Waals surface area (Å²) < 4.78 is 56.4. The second-order valence-corrected chi connectivity index (χ2v) is 19.2. The number of halogens is 5. The summed E-state index contributed by atoms with van der Waals surface area (Å²) in [5.41, 5.74) is -3.42. The van der Waals surface area contributed by atoms with Crippen molar-refractivity contribution in [3.05, 3.63) is 58.7 Å². The molecule has 6 N–H and O–H groups in total. The molecule has 0 spiro atoms. The van der Waals surface area contributed by atoms with Crippen LogP contribution in [0.2, 0.25) is 5.02 Å². The summed E-state index contributed by atoms with van der Waals surface area (Å²) in [5.74, 6) is -7.26. The number of likely N-dealkylation sites (N-methyl/N-ethyl adjacent to an activating group) is 3. The first-order valence-electron chi connectivity index (χ1n) is 23.9. The number of alkyl halides is 4. The molecule has 398 valence electrons. The van der Waals surface area contributed by atoms with Crippen LogP contribution in [-0.4, -0.2) is 178 Å². The number of amides is 8. The number of benzene rings is 1. The summed E-state index contributed by atoms with van der Waals surface area (Å²) >= 11 is 6.30. The van der Waals surface area contributed by atoms with Crippen molar-refractivity contribution < 1.29 is 61.0 Å². The molecule has 2 fully saturated rings. The second kappa shape index (κ2) is 25.5. The number of anilines is 1. The fraction of sp³-hybridized carbons (Fsp3) is 0.604. The van der Waals surface area contributed by atoms with Crippen molar-refractivity contribution in [2.45, 2.75) is 134 Å². The first-order valence-corrected chi connectivity index (χ1v) is 24.2. The van der Waals surface area contributed by atoms with Gasteiger partial charge in [0.2, 0.25) is 41.0 Å². The summed E-state index contributed by atoms with van der Waals surface area (Å²) in [7, 11) is 4.37. The minimum Gasteiger partial charge on any atom is -0.373 e. The van der Waals surface area contributed by atoms with Crippen molar-refractivity contribution in [3.63, 3.8) is 0 Å². The fourth-order valence-corrected chi connectivity index (χ4v) is 8.84. The minimum absolute atomic E-state index is 0.0121. The number of nitrogens with one attached hydrogen (secondary N) is 5. The Morgan fingerprint density at radius 2 is 1.69 bits per heavy atom. The van der Waals surface area contributed by atoms with Crippen LogP contribution in [0, 0.1) is 5.92 Å². The van der Waals surface area contributed by atoms with Gasteiger partial charge in [0.1, 0.15) is 53.9 Å². The molecule has 0 saturated carbocycles. The number of rotatable bonds is 15. The lowest BCUT2D eigenvalue weighted by atomic mass is 9.98. The quantitative estimate of drug-likeness (QED) is 0.142. The average molecular weight is 1040 g/mol. The van der Waals surface area contributed by atoms with Crippen LogP contribution in [0.1, 0.15) is 89.2 Å². The molecule has 3 heterocycles. The molecular formula is C48H67ClF4N10O9. The molecule has 72 heavy (non-hydrogen) atoms. The largest absolute Gasteiger partial charge is 0.426 e. The van der Waals surface area contributed by atoms with Crippen LogP contribution >= 0.6 is 11.6 Å². The van der Waals surface area contributed by atoms with E-state index in [0.29, 0.717) is 16.4 Å². The number of hydrogen-bond donors (Lipinski definition) is 6. The van der Waals surface area contributed by atoms with Crippen LogP contribution in [0.5, 0.6) is 0 Å². The van der Waals surface area contributed by atoms with Crippen LogP contribution in [0.3, 0.4) is 0 Å². The highest BCUT2D eigenvalue weighted by molar-refractivity contribution is 6.30. The molecule has 19 nitrogen and oxygen atoms in total. The average Bonchev–Trinajstić information content (AvgIpc) is 3.72. The summed E-state index contributed by atoms with van der Waals surface area (Å²) in [5, 5.41) is 24.0. The molecule has 2 saturated heterocycles. The lowest BCUT2D eigenvalue weighted by Crippen LogP contribution is -2.62. The molecule has 0 unspecified atom stereocenters. The van der Waals surface area contributed by atoms with Crippen molar-refractivity contribution in [1.29, 1.82) is 0 Å². The predicted octanol–water partition coefficient (Wildman–Crippen LogP) is 2.60. The number of hydrogen-bond acceptors (Lipinski definition) is 11. The number of aliphatic hydroxyl groups is 1. The van der Waals surface area contributed by atoms with Crippen LogP contribution in [0.15, 0.2) is 42.5 Å². The van der Waals surface area contributed by atoms with Gasteiger partial charge in [0.25, 0.3) is 11.8 Å². The highest BCUT2D eigenvalue weighted by atomic mass is 35.5. The zero-order chi connectivity index (χ0) is 53.8. The van der Waals surface area contributed by atoms with E-state index in [9.17, 15) is 61.0 Å². The predicted molar refractivity (Wildman–Crippen MR) is 258 cm³/mol. The van der Waals surface area contributed by atoms with E-state index in [-0.39, 0.29) is 75.2 Å². The van der Waals surface area contributed by atoms with Gasteiger partial charge in [-0.15, -0.1) is 0 Å². The van der Waals surface area contributed by atoms with Gasteiger partial charge in [-0.2, -0.15) is 13.2 Å². The van der Waals surface area contributed by atoms with Gasteiger partial charge in [-0.05, 0) is 88.6 Å². The van der Waals surface area contributed by atoms with Gasteiger partial charge in [0.05, 0.1) is 6.54 Å². The summed E-state index contributed by atoms with van der Waals surface area (Å²) in [4.78, 5) is 121. The third-order valence-corrected chi connectivity index (χ3v) is 13.0. The maximum atomic E-state index is 14.9. The SMILES string of the molecule is CCN1C(=O)[C@H](CC(C)C)NC(=O)[C@@H](N(C)C(=O)[C@H](CCNC(=O)c2cccc(NC)n2)NC(=O)[C@@H]2C[C@@H](F)CN2C(=O)[C@@](C)(O)C(F)(F)F)CCCCN(C)C(=O)[C@@H](C)NC(=O)[C@@H]1Cc1cccc(Cl)c1. The molecule has 2 aliphatic rings. The standard InChI is InChI=1S/C48H67ClF4N10O9/c1-9-62-36(24-29-14-12-15-30(49)23-29)41(66)56-28(4)43(68)60(7)21-11-10-17-35(40(65)59-34(45(62)70)22-27(2)3)61(8)44(69)33(19-20-55-39(64)32-16-13-18-38(54-6)57-32)58-42(67)37-25-31(50)26-63(37)46(71)47(5,72)48(51,52)53/h12-16,18,23,27-28,31,33-37,72H,9-11,17,19-22,24-26H2,1-8H3,(H,54,57)(H,55,64)(H,56,66)(H,58,67)(H,59,65)/t28-,31-,33+,34+,35+,36+,37+,47-/m1/s1. The Kier molecular flexibility index (Phi) is 20.7. The Hall–Kier alpha value is -6.10. The Bertz CT molecular complexity index is 2290. The normalized spacial score (nSPS) is 23.2. The van der Waals surface area contributed by atoms with Crippen molar-refractivity contribution >= 4 is 64.7 Å². The molecule has 0 aliphatic carbocycles. The fourth-order valence-electron chi connectivity index (χ4n) is 8.63. The van der Waals surface area contributed by atoms with Gasteiger partial charge >= 0.3 is 6.18 Å². The van der Waals surface area contributed by atoms with E-state index in [1.807, 2.05) is 13.8 Å². The number of likely N-dealkylation sites (tertiary alicyclic amines) is 1. The number of carbonyl (C=O) groups is 8. The van der Waals surface area contributed by atoms with Gasteiger partial charge < -0.3 is 51.3 Å². The molecule has 8 atom stereocenters. The van der Waals surface area contributed by atoms with Gasteiger partial charge in [-0.1, -0.05) is 43.6 Å². The van der Waals surface area contributed by atoms with Crippen LogP contribution < -0.4 is 26.6 Å². The van der Waals surface area contributed by atoms with E-state index in [1.165, 1.54) is 36.9 Å². The van der Waals surface area contributed by atoms with E-state index < -0.39 is 121 Å². The molecule has 8 amide bonds. The topological polar surface area (TPSA) is 243 Å². The smallest absolute Gasteiger partial charge is 0.373 e. The van der Waals surface area contributed by atoms with E-state index in [2.05, 4.69) is 31.6 Å². The zero-order valence-electron chi connectivity index (χ0n) is 41.8. The van der Waals surface area contributed by atoms with Crippen molar-refractivity contribution in [3.8, 4) is 0 Å². The van der Waals surface area contributed by atoms with E-state index in [4.69, 9.17) is 11.6 Å². The molecule has 1 aromatic carbocycles. The van der Waals surface area contributed by atoms with Crippen molar-refractivity contribution in [2.24, 2.45) is 5.92 Å². The zero-order valence-corrected chi connectivity index (χ0v) is 42.5. The summed E-state index contributed by atoms with van der Waals surface area (Å²) in [6.45, 7) is 5.81. The first kappa shape index (κ1) is 58.5. The molecule has 24 heteroatoms. The molecule has 4 rings (SSSR count). The monoisotopic (exact) mass is 1040 g/mol. The van der Waals surface area contributed by atoms with Crippen LogP contribution in [0.25, 0.3) is 0 Å². The number of carbonyl (C=O) groups excluding carboxylic acids is 8. The minimum atomic E-state index is -5.50. The van der Waals surface area contributed by atoms with Gasteiger partial charge in [0, 0.05) is 58.6 Å². The lowest BCUT2D eigenvalue weighted by Gasteiger charge is -2.36. The van der Waals surface area contributed by atoms with Crippen molar-refractivity contribution in [1.82, 2.24) is 45.9 Å². The maximum Gasteiger partial charge on any atom is 0.426 e. The summed E-state index contributed by atoms with van der Waals surface area (Å²) in [6, 6.07) is 2.82. The highest BCUT2D eigenvalue weighted by Gasteiger charge is 2.59. The van der Waals surface area contributed by atoms with E-state index in [0.717, 1.165) is 4.90 Å². The van der Waals surface area contributed by atoms with Gasteiger partial charge in [-0.25, -0.2) is 9.37 Å². The van der Waals surface area contributed by atoms with Gasteiger partial charge in [-0.3, -0.25) is 38.4 Å². The molecule has 2 aromatic rings. The number of nitrogens with zero attached hydrogens (tertiary/aromatic N) is 5. The van der Waals surface area contributed by atoms with Crippen molar-refractivity contribution in [2.75, 3.05) is 52.6 Å². The summed E-state index contributed by atoms with van der Waals surface area (Å²) in [6.07, 6.45) is -8.19. The molecule has 0 radical (unpaired) electrons.